The number of ketones is 1. The number of halogens is 1. The molecule has 0 saturated carbocycles. The molecule has 0 saturated heterocycles. The van der Waals surface area contributed by atoms with Crippen molar-refractivity contribution in [2.45, 2.75) is 33.2 Å². The molecule has 0 unspecified atom stereocenters. The van der Waals surface area contributed by atoms with Crippen molar-refractivity contribution in [3.05, 3.63) is 34.1 Å². The lowest BCUT2D eigenvalue weighted by atomic mass is 10.1. The first-order valence-electron chi connectivity index (χ1n) is 6.32. The van der Waals surface area contributed by atoms with E-state index in [-0.39, 0.29) is 5.78 Å². The lowest BCUT2D eigenvalue weighted by Crippen LogP contribution is -2.12. The van der Waals surface area contributed by atoms with Crippen LogP contribution in [0.5, 0.6) is 0 Å². The molecular formula is C13H17BrN4O. The Morgan fingerprint density at radius 2 is 2.16 bits per heavy atom. The Kier molecular flexibility index (Phi) is 4.19. The number of aromatic nitrogens is 4. The van der Waals surface area contributed by atoms with E-state index >= 15 is 0 Å². The number of carbonyl (C=O) groups excluding carboxylic acids is 1. The second kappa shape index (κ2) is 5.69. The normalized spacial score (nSPS) is 10.9. The Hall–Kier alpha value is -1.43. The first kappa shape index (κ1) is 14.0. The SMILES string of the molecule is CCc1nn(CC)c(CC(=O)c2cncn2C)c1Br. The van der Waals surface area contributed by atoms with Gasteiger partial charge in [0, 0.05) is 13.6 Å². The number of nitrogens with zero attached hydrogens (tertiary/aromatic N) is 4. The molecule has 6 heteroatoms. The van der Waals surface area contributed by atoms with Crippen LogP contribution in [-0.2, 0) is 26.4 Å². The van der Waals surface area contributed by atoms with Gasteiger partial charge in [-0.3, -0.25) is 9.48 Å². The van der Waals surface area contributed by atoms with E-state index in [1.54, 1.807) is 17.1 Å². The fraction of sp³-hybridized carbons (Fsp3) is 0.462. The van der Waals surface area contributed by atoms with Gasteiger partial charge in [0.25, 0.3) is 0 Å². The minimum atomic E-state index is 0.0537. The van der Waals surface area contributed by atoms with Gasteiger partial charge in [0.15, 0.2) is 5.78 Å². The zero-order valence-corrected chi connectivity index (χ0v) is 12.9. The minimum absolute atomic E-state index is 0.0537. The van der Waals surface area contributed by atoms with E-state index in [0.29, 0.717) is 12.1 Å². The molecule has 2 aromatic rings. The summed E-state index contributed by atoms with van der Waals surface area (Å²) in [4.78, 5) is 16.3. The Morgan fingerprint density at radius 1 is 1.42 bits per heavy atom. The highest BCUT2D eigenvalue weighted by atomic mass is 79.9. The summed E-state index contributed by atoms with van der Waals surface area (Å²) in [5.74, 6) is 0.0537. The van der Waals surface area contributed by atoms with Gasteiger partial charge in [-0.2, -0.15) is 5.10 Å². The molecule has 2 aromatic heterocycles. The van der Waals surface area contributed by atoms with Crippen LogP contribution >= 0.6 is 15.9 Å². The number of imidazole rings is 1. The van der Waals surface area contributed by atoms with Crippen molar-refractivity contribution in [1.82, 2.24) is 19.3 Å². The highest BCUT2D eigenvalue weighted by Crippen LogP contribution is 2.23. The van der Waals surface area contributed by atoms with Crippen molar-refractivity contribution in [2.24, 2.45) is 7.05 Å². The molecule has 0 atom stereocenters. The van der Waals surface area contributed by atoms with Gasteiger partial charge in [0.05, 0.1) is 34.8 Å². The van der Waals surface area contributed by atoms with E-state index in [2.05, 4.69) is 32.9 Å². The molecule has 0 aliphatic carbocycles. The Morgan fingerprint density at radius 3 is 2.68 bits per heavy atom. The number of aryl methyl sites for hydroxylation is 3. The Bertz CT molecular complexity index is 600. The zero-order chi connectivity index (χ0) is 14.0. The van der Waals surface area contributed by atoms with Crippen LogP contribution in [0.2, 0.25) is 0 Å². The summed E-state index contributed by atoms with van der Waals surface area (Å²) in [6, 6.07) is 0. The van der Waals surface area contributed by atoms with Crippen molar-refractivity contribution < 1.29 is 4.79 Å². The highest BCUT2D eigenvalue weighted by molar-refractivity contribution is 9.10. The minimum Gasteiger partial charge on any atom is -0.331 e. The molecule has 0 aromatic carbocycles. The first-order chi connectivity index (χ1) is 9.08. The quantitative estimate of drug-likeness (QED) is 0.793. The third-order valence-corrected chi connectivity index (χ3v) is 4.04. The maximum absolute atomic E-state index is 12.3. The van der Waals surface area contributed by atoms with Crippen LogP contribution in [0.4, 0.5) is 0 Å². The van der Waals surface area contributed by atoms with Crippen LogP contribution in [-0.4, -0.2) is 25.1 Å². The van der Waals surface area contributed by atoms with Crippen LogP contribution < -0.4 is 0 Å². The van der Waals surface area contributed by atoms with Crippen LogP contribution in [0.25, 0.3) is 0 Å². The summed E-state index contributed by atoms with van der Waals surface area (Å²) in [7, 11) is 1.82. The third kappa shape index (κ3) is 2.63. The van der Waals surface area contributed by atoms with Crippen molar-refractivity contribution in [3.63, 3.8) is 0 Å². The average molecular weight is 325 g/mol. The second-order valence-electron chi connectivity index (χ2n) is 4.37. The molecule has 0 fully saturated rings. The van der Waals surface area contributed by atoms with Crippen LogP contribution in [0.1, 0.15) is 35.7 Å². The van der Waals surface area contributed by atoms with Gasteiger partial charge in [-0.15, -0.1) is 0 Å². The van der Waals surface area contributed by atoms with Crippen LogP contribution in [0.3, 0.4) is 0 Å². The lowest BCUT2D eigenvalue weighted by Gasteiger charge is -2.05. The van der Waals surface area contributed by atoms with Gasteiger partial charge in [0.1, 0.15) is 5.69 Å². The van der Waals surface area contributed by atoms with Crippen molar-refractivity contribution >= 4 is 21.7 Å². The standard InChI is InChI=1S/C13H17BrN4O/c1-4-9-13(14)10(18(5-2)16-9)6-12(19)11-7-15-8-17(11)3/h7-8H,4-6H2,1-3H3. The van der Waals surface area contributed by atoms with Gasteiger partial charge in [0.2, 0.25) is 0 Å². The predicted molar refractivity (Wildman–Crippen MR) is 76.2 cm³/mol. The van der Waals surface area contributed by atoms with Crippen LogP contribution in [0.15, 0.2) is 17.0 Å². The van der Waals surface area contributed by atoms with Gasteiger partial charge in [-0.05, 0) is 29.3 Å². The second-order valence-corrected chi connectivity index (χ2v) is 5.16. The fourth-order valence-corrected chi connectivity index (χ4v) is 2.76. The number of hydrogen-bond acceptors (Lipinski definition) is 3. The van der Waals surface area contributed by atoms with E-state index in [4.69, 9.17) is 0 Å². The molecule has 102 valence electrons. The molecule has 0 amide bonds. The summed E-state index contributed by atoms with van der Waals surface area (Å²) in [6.45, 7) is 4.84. The molecule has 19 heavy (non-hydrogen) atoms. The van der Waals surface area contributed by atoms with Crippen LogP contribution in [0, 0.1) is 0 Å². The first-order valence-corrected chi connectivity index (χ1v) is 7.11. The molecule has 2 heterocycles. The number of carbonyl (C=O) groups is 1. The lowest BCUT2D eigenvalue weighted by molar-refractivity contribution is 0.0982. The van der Waals surface area contributed by atoms with E-state index in [9.17, 15) is 4.79 Å². The van der Waals surface area contributed by atoms with E-state index < -0.39 is 0 Å². The smallest absolute Gasteiger partial charge is 0.186 e. The van der Waals surface area contributed by atoms with Gasteiger partial charge in [-0.1, -0.05) is 6.92 Å². The van der Waals surface area contributed by atoms with Crippen molar-refractivity contribution in [2.75, 3.05) is 0 Å². The third-order valence-electron chi connectivity index (χ3n) is 3.12. The molecule has 0 N–H and O–H groups in total. The molecule has 0 aliphatic rings. The van der Waals surface area contributed by atoms with E-state index in [1.807, 2.05) is 18.7 Å². The number of Topliss-reactive ketones (excluding diaryl/α,β-unsaturated/α-hetero) is 1. The van der Waals surface area contributed by atoms with Gasteiger partial charge in [-0.25, -0.2) is 4.98 Å². The number of hydrogen-bond donors (Lipinski definition) is 0. The maximum Gasteiger partial charge on any atom is 0.186 e. The Labute approximate surface area is 120 Å². The average Bonchev–Trinajstić information content (AvgIpc) is 2.95. The summed E-state index contributed by atoms with van der Waals surface area (Å²) in [5.41, 5.74) is 2.55. The molecule has 2 rings (SSSR count). The van der Waals surface area contributed by atoms with Gasteiger partial charge < -0.3 is 4.57 Å². The van der Waals surface area contributed by atoms with Crippen molar-refractivity contribution in [3.8, 4) is 0 Å². The molecule has 0 bridgehead atoms. The summed E-state index contributed by atoms with van der Waals surface area (Å²) < 4.78 is 4.58. The molecule has 0 aliphatic heterocycles. The van der Waals surface area contributed by atoms with E-state index in [0.717, 1.165) is 28.8 Å². The van der Waals surface area contributed by atoms with Crippen molar-refractivity contribution in [1.29, 1.82) is 0 Å². The monoisotopic (exact) mass is 324 g/mol. The largest absolute Gasteiger partial charge is 0.331 e. The highest BCUT2D eigenvalue weighted by Gasteiger charge is 2.19. The van der Waals surface area contributed by atoms with Gasteiger partial charge >= 0.3 is 0 Å². The fourth-order valence-electron chi connectivity index (χ4n) is 2.05. The number of rotatable bonds is 5. The molecule has 0 spiro atoms. The van der Waals surface area contributed by atoms with E-state index in [1.165, 1.54) is 0 Å². The summed E-state index contributed by atoms with van der Waals surface area (Å²) in [5, 5.41) is 4.50. The summed E-state index contributed by atoms with van der Waals surface area (Å²) in [6.07, 6.45) is 4.42. The molecule has 5 nitrogen and oxygen atoms in total. The molecular weight excluding hydrogens is 308 g/mol. The Balaban J connectivity index is 2.31. The topological polar surface area (TPSA) is 52.7 Å². The predicted octanol–water partition coefficient (Wildman–Crippen LogP) is 2.39. The maximum atomic E-state index is 12.3. The molecule has 0 radical (unpaired) electrons. The zero-order valence-electron chi connectivity index (χ0n) is 11.4. The summed E-state index contributed by atoms with van der Waals surface area (Å²) >= 11 is 3.56.